The number of nitrogens with two attached hydrogens (primary N) is 1. The molecule has 0 aliphatic heterocycles. The highest BCUT2D eigenvalue weighted by Crippen LogP contribution is 2.50. The summed E-state index contributed by atoms with van der Waals surface area (Å²) in [5.41, 5.74) is 7.49. The molecule has 5 N–H and O–H groups in total. The molecule has 0 spiro atoms. The van der Waals surface area contributed by atoms with E-state index in [2.05, 4.69) is 20.3 Å². The first-order valence-electron chi connectivity index (χ1n) is 12.2. The van der Waals surface area contributed by atoms with Gasteiger partial charge in [0.05, 0.1) is 35.3 Å². The number of amides is 1. The van der Waals surface area contributed by atoms with Gasteiger partial charge < -0.3 is 15.8 Å². The van der Waals surface area contributed by atoms with E-state index in [0.717, 1.165) is 36.0 Å². The number of pyridine rings is 2. The highest BCUT2D eigenvalue weighted by atomic mass is 35.5. The normalized spacial score (nSPS) is 16.6. The maximum absolute atomic E-state index is 13.5. The summed E-state index contributed by atoms with van der Waals surface area (Å²) in [7, 11) is 2.92. The minimum atomic E-state index is -2.86. The van der Waals surface area contributed by atoms with Crippen molar-refractivity contribution in [3.63, 3.8) is 0 Å². The van der Waals surface area contributed by atoms with Gasteiger partial charge in [0.15, 0.2) is 5.17 Å². The van der Waals surface area contributed by atoms with Crippen LogP contribution in [0.1, 0.15) is 46.1 Å². The number of aliphatic imine (C=N–C) groups is 1. The molecule has 1 aliphatic rings. The molecule has 212 valence electrons. The minimum Gasteiger partial charge on any atom is -0.494 e. The Morgan fingerprint density at radius 2 is 1.95 bits per heavy atom. The molecule has 0 radical (unpaired) electrons. The Hall–Kier alpha value is -4.16. The van der Waals surface area contributed by atoms with Gasteiger partial charge >= 0.3 is 0 Å². The van der Waals surface area contributed by atoms with E-state index in [-0.39, 0.29) is 55.9 Å². The smallest absolute Gasteiger partial charge is 0.280 e. The molecule has 0 saturated heterocycles. The Morgan fingerprint density at radius 3 is 2.61 bits per heavy atom. The number of hydrogen-bond donors (Lipinski definition) is 4. The van der Waals surface area contributed by atoms with Gasteiger partial charge in [0.1, 0.15) is 11.4 Å². The molecule has 2 unspecified atom stereocenters. The summed E-state index contributed by atoms with van der Waals surface area (Å²) in [6.07, 6.45) is 3.26. The van der Waals surface area contributed by atoms with Crippen LogP contribution in [0.5, 0.6) is 5.75 Å². The zero-order valence-corrected chi connectivity index (χ0v) is 23.6. The minimum absolute atomic E-state index is 0.0160. The predicted octanol–water partition coefficient (Wildman–Crippen LogP) is 5.92. The van der Waals surface area contributed by atoms with E-state index in [4.69, 9.17) is 32.9 Å². The molecule has 2 aromatic heterocycles. The number of nitrogens with zero attached hydrogens (tertiary/aromatic N) is 3. The van der Waals surface area contributed by atoms with Crippen molar-refractivity contribution < 1.29 is 18.3 Å². The third-order valence-electron chi connectivity index (χ3n) is 6.33. The van der Waals surface area contributed by atoms with Crippen molar-refractivity contribution in [1.82, 2.24) is 15.3 Å². The highest BCUT2D eigenvalue weighted by molar-refractivity contribution is 8.26. The fraction of sp³-hybridized carbons (Fsp3) is 0.214. The van der Waals surface area contributed by atoms with Gasteiger partial charge in [0.25, 0.3) is 12.3 Å². The van der Waals surface area contributed by atoms with Crippen molar-refractivity contribution in [1.29, 1.82) is 10.8 Å². The Bertz CT molecular complexity index is 1550. The number of carbonyl (C=O) groups is 1. The van der Waals surface area contributed by atoms with E-state index >= 15 is 0 Å². The molecule has 41 heavy (non-hydrogen) atoms. The van der Waals surface area contributed by atoms with Crippen molar-refractivity contribution in [3.05, 3.63) is 82.4 Å². The van der Waals surface area contributed by atoms with Gasteiger partial charge in [-0.1, -0.05) is 23.7 Å². The molecular weight excluding hydrogens is 572 g/mol. The monoisotopic (exact) mass is 597 g/mol. The van der Waals surface area contributed by atoms with Crippen LogP contribution in [-0.2, 0) is 0 Å². The molecule has 1 fully saturated rings. The Labute approximate surface area is 244 Å². The van der Waals surface area contributed by atoms with Crippen molar-refractivity contribution in [2.75, 3.05) is 14.2 Å². The number of benzene rings is 1. The van der Waals surface area contributed by atoms with Crippen LogP contribution in [0.4, 0.5) is 8.78 Å². The molecule has 0 bridgehead atoms. The fourth-order valence-electron chi connectivity index (χ4n) is 4.15. The molecule has 1 saturated carbocycles. The van der Waals surface area contributed by atoms with Crippen LogP contribution in [0.2, 0.25) is 5.02 Å². The largest absolute Gasteiger partial charge is 0.494 e. The number of thioether (sulfide) groups is 1. The lowest BCUT2D eigenvalue weighted by atomic mass is 9.98. The Morgan fingerprint density at radius 1 is 1.22 bits per heavy atom. The number of amidine groups is 1. The van der Waals surface area contributed by atoms with Crippen molar-refractivity contribution in [2.24, 2.45) is 16.6 Å². The number of rotatable bonds is 8. The molecule has 1 amide bonds. The summed E-state index contributed by atoms with van der Waals surface area (Å²) in [4.78, 5) is 25.2. The Kier molecular flexibility index (Phi) is 9.46. The second-order valence-corrected chi connectivity index (χ2v) is 10.5. The highest BCUT2D eigenvalue weighted by Gasteiger charge is 2.42. The van der Waals surface area contributed by atoms with E-state index in [1.165, 1.54) is 31.7 Å². The second kappa shape index (κ2) is 13.0. The molecule has 9 nitrogen and oxygen atoms in total. The third-order valence-corrected chi connectivity index (χ3v) is 7.42. The number of methoxy groups -OCH3 is 1. The van der Waals surface area contributed by atoms with Crippen molar-refractivity contribution >= 4 is 51.4 Å². The maximum Gasteiger partial charge on any atom is 0.280 e. The number of alkyl halides is 2. The third kappa shape index (κ3) is 7.14. The maximum atomic E-state index is 13.5. The summed E-state index contributed by atoms with van der Waals surface area (Å²) in [6.45, 7) is 0. The average Bonchev–Trinajstić information content (AvgIpc) is 3.76. The zero-order chi connectivity index (χ0) is 29.7. The van der Waals surface area contributed by atoms with Crippen LogP contribution in [-0.4, -0.2) is 46.5 Å². The lowest BCUT2D eigenvalue weighted by Crippen LogP contribution is -2.29. The van der Waals surface area contributed by atoms with Crippen LogP contribution in [0.15, 0.2) is 59.9 Å². The summed E-state index contributed by atoms with van der Waals surface area (Å²) < 4.78 is 32.4. The van der Waals surface area contributed by atoms with E-state index in [1.54, 1.807) is 19.2 Å². The van der Waals surface area contributed by atoms with Gasteiger partial charge in [-0.15, -0.1) is 0 Å². The number of hydrogen-bond acceptors (Lipinski definition) is 9. The second-order valence-electron chi connectivity index (χ2n) is 9.00. The molecule has 13 heteroatoms. The molecule has 4 rings (SSSR count). The lowest BCUT2D eigenvalue weighted by molar-refractivity contribution is 0.0978. The molecule has 2 heterocycles. The number of halogens is 3. The molecular formula is C28H26ClF2N7O2S. The number of allylic oxidation sites excluding steroid dienone is 1. The quantitative estimate of drug-likeness (QED) is 0.187. The number of nitrogens with one attached hydrogen (secondary N) is 3. The number of aromatic nitrogens is 2. The predicted molar refractivity (Wildman–Crippen MR) is 158 cm³/mol. The first kappa shape index (κ1) is 29.8. The first-order chi connectivity index (χ1) is 19.6. The zero-order valence-electron chi connectivity index (χ0n) is 22.0. The molecule has 2 atom stereocenters. The topological polar surface area (TPSA) is 150 Å². The van der Waals surface area contributed by atoms with Gasteiger partial charge in [-0.3, -0.25) is 30.6 Å². The van der Waals surface area contributed by atoms with Crippen molar-refractivity contribution in [2.45, 2.75) is 18.8 Å². The molecule has 1 aromatic carbocycles. The van der Waals surface area contributed by atoms with Crippen LogP contribution < -0.4 is 15.8 Å². The van der Waals surface area contributed by atoms with Gasteiger partial charge in [-0.05, 0) is 60.0 Å². The lowest BCUT2D eigenvalue weighted by Gasteiger charge is -2.15. The van der Waals surface area contributed by atoms with E-state index < -0.39 is 18.0 Å². The average molecular weight is 598 g/mol. The van der Waals surface area contributed by atoms with Crippen LogP contribution in [0.3, 0.4) is 0 Å². The molecule has 3 aromatic rings. The summed E-state index contributed by atoms with van der Waals surface area (Å²) in [5.74, 6) is -0.486. The van der Waals surface area contributed by atoms with Crippen LogP contribution in [0, 0.1) is 16.7 Å². The number of carbonyl (C=O) groups excluding carboxylic acids is 1. The first-order valence-corrected chi connectivity index (χ1v) is 13.4. The van der Waals surface area contributed by atoms with Gasteiger partial charge in [-0.25, -0.2) is 8.78 Å². The fourth-order valence-corrected chi connectivity index (χ4v) is 5.05. The molecule has 1 aliphatic carbocycles. The van der Waals surface area contributed by atoms with Crippen LogP contribution in [0.25, 0.3) is 16.8 Å². The number of ether oxygens (including phenoxy) is 1. The van der Waals surface area contributed by atoms with Gasteiger partial charge in [-0.2, -0.15) is 0 Å². The van der Waals surface area contributed by atoms with Gasteiger partial charge in [0.2, 0.25) is 0 Å². The van der Waals surface area contributed by atoms with E-state index in [1.807, 2.05) is 12.1 Å². The van der Waals surface area contributed by atoms with E-state index in [9.17, 15) is 13.6 Å². The summed E-state index contributed by atoms with van der Waals surface area (Å²) >= 11 is 6.80. The van der Waals surface area contributed by atoms with Gasteiger partial charge in [0, 0.05) is 41.5 Å². The van der Waals surface area contributed by atoms with Crippen LogP contribution >= 0.6 is 23.4 Å². The Balaban J connectivity index is 1.59. The SMILES string of the molecule is CN=C/C=C(\N)c1cc(-c2cc(C(F)F)ncc2OC)c(C(=O)NC(=N)SC(=N)C2CC2c2ccc(Cl)cc2)cn1. The van der Waals surface area contributed by atoms with E-state index in [0.29, 0.717) is 5.02 Å². The van der Waals surface area contributed by atoms with Crippen molar-refractivity contribution in [3.8, 4) is 16.9 Å². The summed E-state index contributed by atoms with van der Waals surface area (Å²) in [6, 6.07) is 10.0. The standard InChI is InChI=1S/C28H26ClF2N7O2S/c1-35-8-7-21(32)22-10-17(18-11-23(25(30)31)37-13-24(18)40-2)20(12-36-22)27(39)38-28(34)41-26(33)19-9-16(19)14-3-5-15(29)6-4-14/h3-8,10-13,16,19,25,33H,9,32H2,1-2H3,(H2,34,38,39)/b21-7-,33-26?,35-8?. The summed E-state index contributed by atoms with van der Waals surface area (Å²) in [5, 5.41) is 19.9.